The van der Waals surface area contributed by atoms with Gasteiger partial charge in [-0.15, -0.1) is 0 Å². The van der Waals surface area contributed by atoms with Crippen LogP contribution in [0.4, 0.5) is 11.4 Å². The lowest BCUT2D eigenvalue weighted by Gasteiger charge is -2.33. The Kier molecular flexibility index (Phi) is 9.14. The van der Waals surface area contributed by atoms with Gasteiger partial charge in [0.25, 0.3) is 0 Å². The van der Waals surface area contributed by atoms with Gasteiger partial charge in [-0.3, -0.25) is 20.2 Å². The van der Waals surface area contributed by atoms with Crippen LogP contribution in [0.1, 0.15) is 19.3 Å². The number of nitro benzene ring substituents is 2. The Bertz CT molecular complexity index is 887. The fourth-order valence-corrected chi connectivity index (χ4v) is 4.04. The van der Waals surface area contributed by atoms with E-state index < -0.39 is 22.1 Å². The molecule has 34 heavy (non-hydrogen) atoms. The number of aliphatic hydroxyl groups excluding tert-OH is 2. The van der Waals surface area contributed by atoms with Crippen molar-refractivity contribution in [1.29, 1.82) is 0 Å². The first-order valence-electron chi connectivity index (χ1n) is 11.1. The Morgan fingerprint density at radius 2 is 1.32 bits per heavy atom. The summed E-state index contributed by atoms with van der Waals surface area (Å²) < 4.78 is 10.9. The Balaban J connectivity index is 1.36. The highest BCUT2D eigenvalue weighted by Crippen LogP contribution is 2.28. The van der Waals surface area contributed by atoms with Crippen molar-refractivity contribution in [2.45, 2.75) is 31.5 Å². The predicted octanol–water partition coefficient (Wildman–Crippen LogP) is 2.78. The van der Waals surface area contributed by atoms with Gasteiger partial charge in [0.1, 0.15) is 19.3 Å². The molecular formula is C23H29N3O8. The first-order valence-corrected chi connectivity index (χ1v) is 11.1. The summed E-state index contributed by atoms with van der Waals surface area (Å²) in [6.45, 7) is 1.80. The van der Waals surface area contributed by atoms with Gasteiger partial charge in [-0.1, -0.05) is 24.3 Å². The number of aliphatic hydroxyl groups is 2. The Morgan fingerprint density at radius 1 is 0.853 bits per heavy atom. The highest BCUT2D eigenvalue weighted by atomic mass is 16.6. The summed E-state index contributed by atoms with van der Waals surface area (Å²) in [5.74, 6) is 0.543. The zero-order valence-electron chi connectivity index (χ0n) is 18.7. The molecule has 2 aromatic rings. The van der Waals surface area contributed by atoms with Gasteiger partial charge in [0.05, 0.1) is 16.0 Å². The van der Waals surface area contributed by atoms with Gasteiger partial charge in [-0.25, -0.2) is 0 Å². The zero-order valence-corrected chi connectivity index (χ0v) is 18.7. The predicted molar refractivity (Wildman–Crippen MR) is 123 cm³/mol. The van der Waals surface area contributed by atoms with Gasteiger partial charge < -0.3 is 24.6 Å². The molecular weight excluding hydrogens is 446 g/mol. The molecule has 2 N–H and O–H groups in total. The van der Waals surface area contributed by atoms with Gasteiger partial charge in [0, 0.05) is 18.7 Å². The number of likely N-dealkylation sites (tertiary alicyclic amines) is 1. The lowest BCUT2D eigenvalue weighted by atomic mass is 9.91. The Labute approximate surface area is 196 Å². The van der Waals surface area contributed by atoms with Crippen molar-refractivity contribution in [3.05, 3.63) is 68.8 Å². The minimum Gasteiger partial charge on any atom is -0.484 e. The molecule has 2 atom stereocenters. The molecule has 1 fully saturated rings. The van der Waals surface area contributed by atoms with Crippen LogP contribution in [-0.2, 0) is 0 Å². The second-order valence-corrected chi connectivity index (χ2v) is 8.36. The largest absolute Gasteiger partial charge is 0.484 e. The van der Waals surface area contributed by atoms with Crippen molar-refractivity contribution in [3.63, 3.8) is 0 Å². The van der Waals surface area contributed by atoms with E-state index >= 15 is 0 Å². The third-order valence-corrected chi connectivity index (χ3v) is 5.77. The van der Waals surface area contributed by atoms with Crippen LogP contribution in [0.3, 0.4) is 0 Å². The third-order valence-electron chi connectivity index (χ3n) is 5.77. The molecule has 1 aliphatic heterocycles. The molecule has 0 aromatic heterocycles. The number of hydrogen-bond acceptors (Lipinski definition) is 9. The molecule has 1 saturated heterocycles. The van der Waals surface area contributed by atoms with Crippen LogP contribution in [0, 0.1) is 26.1 Å². The normalized spacial score (nSPS) is 16.5. The maximum atomic E-state index is 11.1. The number of para-hydroxylation sites is 4. The molecule has 0 bridgehead atoms. The molecule has 0 aliphatic carbocycles. The maximum absolute atomic E-state index is 11.1. The van der Waals surface area contributed by atoms with Crippen molar-refractivity contribution in [2.24, 2.45) is 5.92 Å². The summed E-state index contributed by atoms with van der Waals surface area (Å²) in [6, 6.07) is 12.1. The van der Waals surface area contributed by atoms with Crippen molar-refractivity contribution < 1.29 is 29.5 Å². The molecule has 1 heterocycles. The molecule has 0 unspecified atom stereocenters. The van der Waals surface area contributed by atoms with E-state index in [1.165, 1.54) is 24.3 Å². The smallest absolute Gasteiger partial charge is 0.310 e. The number of β-amino-alcohol motifs (C(OH)–C–C–N with tert-alkyl or cyclic N) is 1. The lowest BCUT2D eigenvalue weighted by molar-refractivity contribution is -0.386. The number of piperidine rings is 1. The average Bonchev–Trinajstić information content (AvgIpc) is 2.83. The highest BCUT2D eigenvalue weighted by Gasteiger charge is 2.24. The first kappa shape index (κ1) is 25.3. The summed E-state index contributed by atoms with van der Waals surface area (Å²) in [5.41, 5.74) is -0.271. The van der Waals surface area contributed by atoms with E-state index in [2.05, 4.69) is 4.90 Å². The minimum absolute atomic E-state index is 0.0211. The van der Waals surface area contributed by atoms with Crippen LogP contribution >= 0.6 is 0 Å². The molecule has 1 aliphatic rings. The highest BCUT2D eigenvalue weighted by molar-refractivity contribution is 5.46. The maximum Gasteiger partial charge on any atom is 0.310 e. The molecule has 184 valence electrons. The third kappa shape index (κ3) is 7.37. The lowest BCUT2D eigenvalue weighted by Crippen LogP contribution is -2.41. The van der Waals surface area contributed by atoms with Gasteiger partial charge in [0.2, 0.25) is 0 Å². The van der Waals surface area contributed by atoms with Crippen molar-refractivity contribution >= 4 is 11.4 Å². The van der Waals surface area contributed by atoms with Crippen LogP contribution in [0.15, 0.2) is 48.5 Å². The van der Waals surface area contributed by atoms with Crippen LogP contribution in [-0.4, -0.2) is 70.0 Å². The van der Waals surface area contributed by atoms with Crippen LogP contribution in [0.5, 0.6) is 11.5 Å². The summed E-state index contributed by atoms with van der Waals surface area (Å²) >= 11 is 0. The molecule has 2 aromatic carbocycles. The summed E-state index contributed by atoms with van der Waals surface area (Å²) in [7, 11) is 0. The van der Waals surface area contributed by atoms with E-state index in [1.807, 2.05) is 0 Å². The molecule has 0 spiro atoms. The van der Waals surface area contributed by atoms with E-state index in [0.717, 1.165) is 25.9 Å². The molecule has 3 rings (SSSR count). The Hall–Kier alpha value is -3.28. The summed E-state index contributed by atoms with van der Waals surface area (Å²) in [6.07, 6.45) is 0.660. The van der Waals surface area contributed by atoms with Crippen LogP contribution in [0.2, 0.25) is 0 Å². The van der Waals surface area contributed by atoms with E-state index in [4.69, 9.17) is 9.47 Å². The van der Waals surface area contributed by atoms with E-state index in [0.29, 0.717) is 13.0 Å². The van der Waals surface area contributed by atoms with Crippen molar-refractivity contribution in [2.75, 3.05) is 32.8 Å². The second-order valence-electron chi connectivity index (χ2n) is 8.36. The van der Waals surface area contributed by atoms with Crippen LogP contribution < -0.4 is 9.47 Å². The van der Waals surface area contributed by atoms with Crippen LogP contribution in [0.25, 0.3) is 0 Å². The average molecular weight is 475 g/mol. The van der Waals surface area contributed by atoms with Gasteiger partial charge in [0.15, 0.2) is 11.5 Å². The first-order chi connectivity index (χ1) is 16.3. The van der Waals surface area contributed by atoms with E-state index in [1.54, 1.807) is 24.3 Å². The molecule has 11 heteroatoms. The number of hydrogen-bond donors (Lipinski definition) is 2. The fourth-order valence-electron chi connectivity index (χ4n) is 4.04. The molecule has 0 amide bonds. The number of nitro groups is 2. The minimum atomic E-state index is -0.794. The zero-order chi connectivity index (χ0) is 24.5. The fraction of sp³-hybridized carbons (Fsp3) is 0.478. The number of ether oxygens (including phenoxy) is 2. The monoisotopic (exact) mass is 475 g/mol. The Morgan fingerprint density at radius 3 is 1.82 bits per heavy atom. The summed E-state index contributed by atoms with van der Waals surface area (Å²) in [5, 5.41) is 42.7. The quantitative estimate of drug-likeness (QED) is 0.349. The standard InChI is InChI=1S/C23H29N3O8/c27-18(15-33-22-7-3-1-5-20(22)25(29)30)13-17-9-11-24(12-10-17)14-19(28)16-34-23-8-4-2-6-21(23)26(31)32/h1-8,17-19,27-28H,9-16H2/t18-,19+/m0/s1. The second kappa shape index (κ2) is 12.3. The van der Waals surface area contributed by atoms with Crippen molar-refractivity contribution in [1.82, 2.24) is 4.90 Å². The van der Waals surface area contributed by atoms with E-state index in [-0.39, 0.29) is 42.0 Å². The van der Waals surface area contributed by atoms with Gasteiger partial charge in [-0.2, -0.15) is 0 Å². The molecule has 0 saturated carbocycles. The number of benzene rings is 2. The topological polar surface area (TPSA) is 148 Å². The number of rotatable bonds is 12. The van der Waals surface area contributed by atoms with Gasteiger partial charge >= 0.3 is 11.4 Å². The van der Waals surface area contributed by atoms with E-state index in [9.17, 15) is 30.4 Å². The number of nitrogens with zero attached hydrogens (tertiary/aromatic N) is 3. The molecule has 0 radical (unpaired) electrons. The van der Waals surface area contributed by atoms with Crippen molar-refractivity contribution in [3.8, 4) is 11.5 Å². The SMILES string of the molecule is O=[N+]([O-])c1ccccc1OC[C@@H](O)CC1CCN(C[C@@H](O)COc2ccccc2[N+](=O)[O-])CC1. The van der Waals surface area contributed by atoms with Gasteiger partial charge in [-0.05, 0) is 50.4 Å². The summed E-state index contributed by atoms with van der Waals surface area (Å²) in [4.78, 5) is 23.2. The molecule has 11 nitrogen and oxygen atoms in total.